The highest BCUT2D eigenvalue weighted by atomic mass is 32.1. The van der Waals surface area contributed by atoms with Crippen LogP contribution in [0.15, 0.2) is 107 Å². The van der Waals surface area contributed by atoms with Gasteiger partial charge < -0.3 is 54.7 Å². The van der Waals surface area contributed by atoms with Gasteiger partial charge in [0, 0.05) is 92.8 Å². The highest BCUT2D eigenvalue weighted by Gasteiger charge is 2.44. The normalized spacial score (nSPS) is 21.3. The van der Waals surface area contributed by atoms with E-state index < -0.39 is 18.1 Å². The van der Waals surface area contributed by atoms with Crippen molar-refractivity contribution >= 4 is 40.3 Å². The van der Waals surface area contributed by atoms with Crippen LogP contribution in [0.5, 0.6) is 23.3 Å². The van der Waals surface area contributed by atoms with E-state index in [0.717, 1.165) is 84.0 Å². The van der Waals surface area contributed by atoms with Crippen LogP contribution < -0.4 is 35.1 Å². The van der Waals surface area contributed by atoms with E-state index in [0.29, 0.717) is 53.9 Å². The number of rotatable bonds is 19. The zero-order valence-electron chi connectivity index (χ0n) is 44.0. The first-order valence-electron chi connectivity index (χ1n) is 26.9. The number of benzene rings is 2. The van der Waals surface area contributed by atoms with E-state index >= 15 is 0 Å². The van der Waals surface area contributed by atoms with Crippen molar-refractivity contribution in [1.82, 2.24) is 40.5 Å². The molecule has 5 atom stereocenters. The van der Waals surface area contributed by atoms with Gasteiger partial charge in [-0.15, -0.1) is 21.5 Å². The summed E-state index contributed by atoms with van der Waals surface area (Å²) in [6.45, 7) is 8.09. The van der Waals surface area contributed by atoms with Gasteiger partial charge in [-0.3, -0.25) is 14.6 Å². The molecule has 0 spiro atoms. The van der Waals surface area contributed by atoms with Gasteiger partial charge in [-0.2, -0.15) is 0 Å². The lowest BCUT2D eigenvalue weighted by Crippen LogP contribution is -2.57. The largest absolute Gasteiger partial charge is 0.507 e. The smallest absolute Gasteiger partial charge is 0.254 e. The summed E-state index contributed by atoms with van der Waals surface area (Å²) >= 11 is 1.59. The van der Waals surface area contributed by atoms with Crippen LogP contribution in [0.4, 0.5) is 17.2 Å². The van der Waals surface area contributed by atoms with Gasteiger partial charge in [0.1, 0.15) is 35.7 Å². The average molecular weight is 1080 g/mol. The van der Waals surface area contributed by atoms with E-state index in [2.05, 4.69) is 57.6 Å². The number of ether oxygens (including phenoxy) is 3. The quantitative estimate of drug-likeness (QED) is 0.0563. The third-order valence-corrected chi connectivity index (χ3v) is 16.4. The van der Waals surface area contributed by atoms with Gasteiger partial charge in [0.25, 0.3) is 5.88 Å². The van der Waals surface area contributed by atoms with Crippen molar-refractivity contribution in [3.63, 3.8) is 0 Å². The Bertz CT molecular complexity index is 3200. The first kappa shape index (κ1) is 52.2. The minimum atomic E-state index is -0.828. The molecular formula is C58H65N11O8S. The first-order valence-corrected chi connectivity index (χ1v) is 27.8. The van der Waals surface area contributed by atoms with Crippen LogP contribution >= 0.6 is 11.3 Å². The fraction of sp³-hybridized carbons (Fsp3) is 0.414. The molecule has 4 aliphatic heterocycles. The standard InChI is InChI=1S/C58H65N11O8S/c1-34(2)54(58(73)69-32-42(70)23-49(69)57(72)62-28-36-13-15-37(16-14-36)55-35(3)63-33-78-55)51-27-53(66-77-51)74-21-7-8-38-17-18-43(29-61-38)75-44-24-45(25-44)76-52-22-39(19-20-60-52)67-30-41-10-6-9-40(67)31-68(41)48-26-47(64-65-56(48)59)46-11-4-5-12-50(46)71/h4-5,11-20,22,26-27,29,33-34,40-42,44-45,49,54,70-71H,6-10,21,23-25,28,30-32H2,1-3H3,(H2,59,65)(H,62,72)/t40?,41?,42-,44-,45-,49+,54?/m1/s1. The van der Waals surface area contributed by atoms with Gasteiger partial charge in [0.15, 0.2) is 11.6 Å². The van der Waals surface area contributed by atoms with E-state index in [9.17, 15) is 19.8 Å². The number of pyridine rings is 2. The van der Waals surface area contributed by atoms with E-state index in [-0.39, 0.29) is 73.2 Å². The summed E-state index contributed by atoms with van der Waals surface area (Å²) in [4.78, 5) is 48.6. The monoisotopic (exact) mass is 1080 g/mol. The summed E-state index contributed by atoms with van der Waals surface area (Å²) in [6, 6.07) is 26.3. The summed E-state index contributed by atoms with van der Waals surface area (Å²) in [5.41, 5.74) is 15.3. The number of carbonyl (C=O) groups excluding carboxylic acids is 2. The molecule has 2 bridgehead atoms. The molecule has 3 unspecified atom stereocenters. The van der Waals surface area contributed by atoms with Crippen molar-refractivity contribution < 1.29 is 38.5 Å². The Morgan fingerprint density at radius 1 is 0.885 bits per heavy atom. The number of thiazole rings is 1. The van der Waals surface area contributed by atoms with Crippen LogP contribution in [-0.2, 0) is 22.6 Å². The number of nitrogens with two attached hydrogens (primary N) is 1. The van der Waals surface area contributed by atoms with Crippen LogP contribution in [0.2, 0.25) is 0 Å². The number of hydrogen-bond donors (Lipinski definition) is 4. The number of β-amino-alcohol motifs (C(OH)–C–C–N with tert-alkyl or cyclic N) is 1. The highest BCUT2D eigenvalue weighted by molar-refractivity contribution is 7.13. The number of nitrogens with zero attached hydrogens (tertiary/aromatic N) is 9. The summed E-state index contributed by atoms with van der Waals surface area (Å²) in [6.07, 6.45) is 8.86. The number of nitrogens with one attached hydrogen (secondary N) is 1. The van der Waals surface area contributed by atoms with E-state index in [1.54, 1.807) is 35.7 Å². The SMILES string of the molecule is Cc1ncsc1-c1ccc(CNC(=O)[C@@H]2C[C@@H](O)CN2C(=O)C(c2cc(OCCCc3ccc(O[C@H]4C[C@H](Oc5cc(N6CC7CCCC6CN7c6cc(-c7ccccc7O)nnc6N)ccn5)C4)cn3)no2)C(C)C)cc1. The number of aryl methyl sites for hydroxylation is 2. The fourth-order valence-corrected chi connectivity index (χ4v) is 12.0. The lowest BCUT2D eigenvalue weighted by atomic mass is 9.91. The zero-order chi connectivity index (χ0) is 53.9. The second-order valence-corrected chi connectivity index (χ2v) is 22.0. The van der Waals surface area contributed by atoms with Gasteiger partial charge >= 0.3 is 0 Å². The molecule has 9 heterocycles. The van der Waals surface area contributed by atoms with Crippen molar-refractivity contribution in [2.24, 2.45) is 5.92 Å². The predicted molar refractivity (Wildman–Crippen MR) is 294 cm³/mol. The number of piperazine rings is 1. The number of anilines is 3. The molecule has 1 aliphatic carbocycles. The second kappa shape index (κ2) is 23.0. The number of hydrogen-bond acceptors (Lipinski definition) is 18. The molecule has 4 saturated heterocycles. The summed E-state index contributed by atoms with van der Waals surface area (Å²) < 4.78 is 24.3. The maximum absolute atomic E-state index is 14.1. The molecular weight excluding hydrogens is 1010 g/mol. The zero-order valence-corrected chi connectivity index (χ0v) is 44.8. The van der Waals surface area contributed by atoms with Gasteiger partial charge in [-0.05, 0) is 97.6 Å². The molecule has 2 amide bonds. The molecule has 2 aromatic carbocycles. The minimum absolute atomic E-state index is 0.00746. The lowest BCUT2D eigenvalue weighted by molar-refractivity contribution is -0.141. The molecule has 5 aromatic heterocycles. The van der Waals surface area contributed by atoms with E-state index in [4.69, 9.17) is 24.5 Å². The Balaban J connectivity index is 0.611. The third-order valence-electron chi connectivity index (χ3n) is 15.4. The molecule has 5 fully saturated rings. The topological polar surface area (TPSA) is 241 Å². The summed E-state index contributed by atoms with van der Waals surface area (Å²) in [7, 11) is 0. The maximum Gasteiger partial charge on any atom is 0.254 e. The number of fused-ring (bicyclic) bond motifs is 4. The van der Waals surface area contributed by atoms with Crippen LogP contribution in [0.3, 0.4) is 0 Å². The van der Waals surface area contributed by atoms with Crippen molar-refractivity contribution in [2.45, 2.75) is 121 Å². The third kappa shape index (κ3) is 11.5. The fourth-order valence-electron chi connectivity index (χ4n) is 11.2. The van der Waals surface area contributed by atoms with Gasteiger partial charge in [0.05, 0.1) is 46.4 Å². The van der Waals surface area contributed by atoms with Crippen molar-refractivity contribution in [3.8, 4) is 45.0 Å². The van der Waals surface area contributed by atoms with Crippen LogP contribution in [-0.4, -0.2) is 120 Å². The maximum atomic E-state index is 14.1. The number of likely N-dealkylation sites (tertiary alicyclic amines) is 1. The molecule has 19 nitrogen and oxygen atoms in total. The minimum Gasteiger partial charge on any atom is -0.507 e. The molecule has 406 valence electrons. The van der Waals surface area contributed by atoms with Crippen LogP contribution in [0.1, 0.15) is 87.4 Å². The Kier molecular flexibility index (Phi) is 15.4. The highest BCUT2D eigenvalue weighted by Crippen LogP contribution is 2.40. The number of para-hydroxylation sites is 1. The molecule has 7 aromatic rings. The number of aliphatic hydroxyl groups excluding tert-OH is 1. The first-order chi connectivity index (χ1) is 37.9. The van der Waals surface area contributed by atoms with Gasteiger partial charge in [-0.25, -0.2) is 9.97 Å². The Labute approximate surface area is 456 Å². The number of carbonyl (C=O) groups is 2. The number of aliphatic hydroxyl groups is 1. The van der Waals surface area contributed by atoms with Crippen molar-refractivity contribution in [3.05, 3.63) is 126 Å². The molecule has 12 rings (SSSR count). The van der Waals surface area contributed by atoms with Crippen molar-refractivity contribution in [2.75, 3.05) is 41.8 Å². The van der Waals surface area contributed by atoms with Gasteiger partial charge in [0.2, 0.25) is 17.7 Å². The Hall–Kier alpha value is -7.84. The number of amides is 2. The summed E-state index contributed by atoms with van der Waals surface area (Å²) in [5.74, 6) is 0.894. The van der Waals surface area contributed by atoms with Gasteiger partial charge in [-0.1, -0.05) is 50.2 Å². The molecule has 1 saturated carbocycles. The number of phenolic OH excluding ortho intramolecular Hbond substituents is 1. The lowest BCUT2D eigenvalue weighted by Gasteiger charge is -2.46. The Morgan fingerprint density at radius 2 is 1.68 bits per heavy atom. The second-order valence-electron chi connectivity index (χ2n) is 21.2. The van der Waals surface area contributed by atoms with Crippen molar-refractivity contribution in [1.29, 1.82) is 0 Å². The molecule has 5 aliphatic rings. The van der Waals surface area contributed by atoms with Crippen LogP contribution in [0.25, 0.3) is 21.7 Å². The number of nitrogen functional groups attached to an aromatic ring is 1. The molecule has 20 heteroatoms. The molecule has 78 heavy (non-hydrogen) atoms. The van der Waals surface area contributed by atoms with E-state index in [1.165, 1.54) is 4.90 Å². The number of phenols is 1. The Morgan fingerprint density at radius 3 is 2.45 bits per heavy atom. The number of aromatic nitrogens is 6. The number of aromatic hydroxyl groups is 1. The van der Waals surface area contributed by atoms with Crippen LogP contribution in [0, 0.1) is 12.8 Å². The molecule has 0 radical (unpaired) electrons. The summed E-state index contributed by atoms with van der Waals surface area (Å²) in [5, 5.41) is 36.9. The molecule has 5 N–H and O–H groups in total. The predicted octanol–water partition coefficient (Wildman–Crippen LogP) is 7.91. The van der Waals surface area contributed by atoms with E-state index in [1.807, 2.05) is 87.1 Å². The average Bonchev–Trinajstić information content (AvgIpc) is 4.19.